The van der Waals surface area contributed by atoms with Crippen molar-refractivity contribution in [2.24, 2.45) is 0 Å². The van der Waals surface area contributed by atoms with Gasteiger partial charge in [-0.05, 0) is 37.0 Å². The Kier molecular flexibility index (Phi) is 3.68. The number of nitrogens with zero attached hydrogens (tertiary/aromatic N) is 1. The lowest BCUT2D eigenvalue weighted by atomic mass is 9.75. The summed E-state index contributed by atoms with van der Waals surface area (Å²) < 4.78 is 5.54. The van der Waals surface area contributed by atoms with Gasteiger partial charge in [-0.1, -0.05) is 12.1 Å². The Labute approximate surface area is 123 Å². The lowest BCUT2D eigenvalue weighted by Gasteiger charge is -2.52. The number of aromatic carboxylic acids is 1. The molecular weight excluding hydrogens is 270 g/mol. The molecule has 1 aromatic carbocycles. The number of hydrogen-bond donors (Lipinski definition) is 1. The largest absolute Gasteiger partial charge is 0.478 e. The smallest absolute Gasteiger partial charge is 0.335 e. The number of carboxylic acids is 1. The van der Waals surface area contributed by atoms with Crippen LogP contribution in [0.25, 0.3) is 0 Å². The summed E-state index contributed by atoms with van der Waals surface area (Å²) in [5.74, 6) is -0.837. The SMILES string of the molecule is O=C(O)c1ccc(CC(=O)N2CCOCC23CCC3)cc1. The minimum atomic E-state index is -0.950. The van der Waals surface area contributed by atoms with Crippen LogP contribution in [0.5, 0.6) is 0 Å². The average Bonchev–Trinajstić information content (AvgIpc) is 2.46. The number of carbonyl (C=O) groups is 2. The number of rotatable bonds is 3. The molecule has 0 aromatic heterocycles. The van der Waals surface area contributed by atoms with Gasteiger partial charge in [0.1, 0.15) is 0 Å². The van der Waals surface area contributed by atoms with Crippen LogP contribution in [0.4, 0.5) is 0 Å². The summed E-state index contributed by atoms with van der Waals surface area (Å²) in [6.07, 6.45) is 3.52. The molecule has 21 heavy (non-hydrogen) atoms. The Morgan fingerprint density at radius 3 is 2.52 bits per heavy atom. The summed E-state index contributed by atoms with van der Waals surface area (Å²) in [6, 6.07) is 6.53. The molecule has 1 spiro atoms. The first-order valence-corrected chi connectivity index (χ1v) is 7.31. The summed E-state index contributed by atoms with van der Waals surface area (Å²) in [6.45, 7) is 1.91. The van der Waals surface area contributed by atoms with Crippen LogP contribution in [0.1, 0.15) is 35.2 Å². The Morgan fingerprint density at radius 2 is 1.95 bits per heavy atom. The lowest BCUT2D eigenvalue weighted by Crippen LogP contribution is -2.63. The van der Waals surface area contributed by atoms with Crippen LogP contribution in [0.3, 0.4) is 0 Å². The molecule has 112 valence electrons. The van der Waals surface area contributed by atoms with Gasteiger partial charge >= 0.3 is 5.97 Å². The van der Waals surface area contributed by atoms with Crippen LogP contribution in [-0.4, -0.2) is 47.2 Å². The maximum absolute atomic E-state index is 12.5. The van der Waals surface area contributed by atoms with Crippen molar-refractivity contribution in [2.75, 3.05) is 19.8 Å². The van der Waals surface area contributed by atoms with Crippen LogP contribution in [0.15, 0.2) is 24.3 Å². The van der Waals surface area contributed by atoms with Crippen LogP contribution < -0.4 is 0 Å². The van der Waals surface area contributed by atoms with E-state index in [0.717, 1.165) is 24.8 Å². The highest BCUT2D eigenvalue weighted by Crippen LogP contribution is 2.39. The summed E-state index contributed by atoms with van der Waals surface area (Å²) in [4.78, 5) is 25.4. The van der Waals surface area contributed by atoms with Crippen LogP contribution in [0.2, 0.25) is 0 Å². The zero-order chi connectivity index (χ0) is 14.9. The molecule has 5 heteroatoms. The first kappa shape index (κ1) is 14.1. The third-order valence-corrected chi connectivity index (χ3v) is 4.54. The molecule has 1 aliphatic carbocycles. The van der Waals surface area contributed by atoms with E-state index >= 15 is 0 Å². The van der Waals surface area contributed by atoms with Crippen molar-refractivity contribution in [1.82, 2.24) is 4.90 Å². The van der Waals surface area contributed by atoms with Crippen molar-refractivity contribution >= 4 is 11.9 Å². The molecule has 5 nitrogen and oxygen atoms in total. The minimum absolute atomic E-state index is 0.0731. The second-order valence-corrected chi connectivity index (χ2v) is 5.85. The van der Waals surface area contributed by atoms with Crippen molar-refractivity contribution in [1.29, 1.82) is 0 Å². The highest BCUT2D eigenvalue weighted by atomic mass is 16.5. The van der Waals surface area contributed by atoms with Gasteiger partial charge in [0, 0.05) is 6.54 Å². The van der Waals surface area contributed by atoms with E-state index in [1.54, 1.807) is 24.3 Å². The first-order chi connectivity index (χ1) is 10.1. The molecule has 1 saturated carbocycles. The van der Waals surface area contributed by atoms with Crippen LogP contribution >= 0.6 is 0 Å². The monoisotopic (exact) mass is 289 g/mol. The molecule has 0 radical (unpaired) electrons. The van der Waals surface area contributed by atoms with E-state index in [0.29, 0.717) is 26.2 Å². The fraction of sp³-hybridized carbons (Fsp3) is 0.500. The average molecular weight is 289 g/mol. The van der Waals surface area contributed by atoms with E-state index < -0.39 is 5.97 Å². The van der Waals surface area contributed by atoms with Gasteiger partial charge in [0.05, 0.1) is 30.7 Å². The van der Waals surface area contributed by atoms with Gasteiger partial charge < -0.3 is 14.7 Å². The Bertz CT molecular complexity index is 548. The number of ether oxygens (including phenoxy) is 1. The number of hydrogen-bond acceptors (Lipinski definition) is 3. The zero-order valence-corrected chi connectivity index (χ0v) is 11.9. The second-order valence-electron chi connectivity index (χ2n) is 5.85. The summed E-state index contributed by atoms with van der Waals surface area (Å²) >= 11 is 0. The molecule has 0 atom stereocenters. The van der Waals surface area contributed by atoms with Crippen molar-refractivity contribution in [2.45, 2.75) is 31.2 Å². The maximum atomic E-state index is 12.5. The number of morpholine rings is 1. The summed E-state index contributed by atoms with van der Waals surface area (Å²) in [7, 11) is 0. The molecule has 1 aromatic rings. The predicted octanol–water partition coefficient (Wildman–Crippen LogP) is 1.71. The molecule has 1 aliphatic heterocycles. The minimum Gasteiger partial charge on any atom is -0.478 e. The highest BCUT2D eigenvalue weighted by molar-refractivity contribution is 5.87. The molecule has 1 amide bonds. The van der Waals surface area contributed by atoms with Gasteiger partial charge in [-0.15, -0.1) is 0 Å². The molecule has 3 rings (SSSR count). The van der Waals surface area contributed by atoms with Crippen molar-refractivity contribution in [3.05, 3.63) is 35.4 Å². The standard InChI is InChI=1S/C16H19NO4/c18-14(10-12-2-4-13(5-3-12)15(19)20)17-8-9-21-11-16(17)6-1-7-16/h2-5H,1,6-11H2,(H,19,20). The van der Waals surface area contributed by atoms with Crippen molar-refractivity contribution in [3.8, 4) is 0 Å². The molecule has 1 saturated heterocycles. The quantitative estimate of drug-likeness (QED) is 0.920. The molecule has 2 aliphatic rings. The fourth-order valence-electron chi connectivity index (χ4n) is 3.16. The molecule has 1 heterocycles. The lowest BCUT2D eigenvalue weighted by molar-refractivity contribution is -0.157. The molecule has 1 N–H and O–H groups in total. The topological polar surface area (TPSA) is 66.8 Å². The first-order valence-electron chi connectivity index (χ1n) is 7.31. The van der Waals surface area contributed by atoms with Gasteiger partial charge in [-0.3, -0.25) is 4.79 Å². The van der Waals surface area contributed by atoms with Gasteiger partial charge in [0.2, 0.25) is 5.91 Å². The zero-order valence-electron chi connectivity index (χ0n) is 11.9. The van der Waals surface area contributed by atoms with Crippen LogP contribution in [0, 0.1) is 0 Å². The third-order valence-electron chi connectivity index (χ3n) is 4.54. The van der Waals surface area contributed by atoms with E-state index in [1.165, 1.54) is 0 Å². The normalized spacial score (nSPS) is 20.1. The number of carbonyl (C=O) groups excluding carboxylic acids is 1. The molecule has 2 fully saturated rings. The Balaban J connectivity index is 1.69. The Hall–Kier alpha value is -1.88. The van der Waals surface area contributed by atoms with Gasteiger partial charge in [0.25, 0.3) is 0 Å². The fourth-order valence-corrected chi connectivity index (χ4v) is 3.16. The number of amides is 1. The predicted molar refractivity (Wildman–Crippen MR) is 76.2 cm³/mol. The van der Waals surface area contributed by atoms with Crippen molar-refractivity contribution < 1.29 is 19.4 Å². The second kappa shape index (κ2) is 5.48. The molecule has 0 bridgehead atoms. The maximum Gasteiger partial charge on any atom is 0.335 e. The Morgan fingerprint density at radius 1 is 1.24 bits per heavy atom. The number of benzene rings is 1. The number of carboxylic acid groups (broad SMARTS) is 1. The van der Waals surface area contributed by atoms with E-state index in [9.17, 15) is 9.59 Å². The van der Waals surface area contributed by atoms with Crippen molar-refractivity contribution in [3.63, 3.8) is 0 Å². The summed E-state index contributed by atoms with van der Waals surface area (Å²) in [5.41, 5.74) is 1.02. The molecule has 0 unspecified atom stereocenters. The van der Waals surface area contributed by atoms with Crippen LogP contribution in [-0.2, 0) is 16.0 Å². The van der Waals surface area contributed by atoms with E-state index in [1.807, 2.05) is 4.90 Å². The highest BCUT2D eigenvalue weighted by Gasteiger charge is 2.46. The molecular formula is C16H19NO4. The third kappa shape index (κ3) is 2.65. The van der Waals surface area contributed by atoms with Gasteiger partial charge in [-0.2, -0.15) is 0 Å². The van der Waals surface area contributed by atoms with E-state index in [-0.39, 0.29) is 17.0 Å². The van der Waals surface area contributed by atoms with Gasteiger partial charge in [0.15, 0.2) is 0 Å². The van der Waals surface area contributed by atoms with E-state index in [4.69, 9.17) is 9.84 Å². The van der Waals surface area contributed by atoms with E-state index in [2.05, 4.69) is 0 Å². The summed E-state index contributed by atoms with van der Waals surface area (Å²) in [5, 5.41) is 8.88. The van der Waals surface area contributed by atoms with Gasteiger partial charge in [-0.25, -0.2) is 4.79 Å².